The first-order valence-corrected chi connectivity index (χ1v) is 10.2. The molecule has 1 aliphatic rings. The average molecular weight is 388 g/mol. The Bertz CT molecular complexity index is 1080. The largest absolute Gasteiger partial charge is 0.468 e. The Balaban J connectivity index is 1.69. The number of pyridine rings is 1. The molecule has 7 nitrogen and oxygen atoms in total. The maximum Gasteiger partial charge on any atom is 0.248 e. The van der Waals surface area contributed by atoms with E-state index in [1.165, 1.54) is 22.7 Å². The number of aromatic nitrogens is 1. The maximum atomic E-state index is 13.3. The Labute approximate surface area is 156 Å². The molecule has 0 spiro atoms. The van der Waals surface area contributed by atoms with E-state index in [1.54, 1.807) is 30.3 Å². The monoisotopic (exact) mass is 388 g/mol. The van der Waals surface area contributed by atoms with Gasteiger partial charge in [-0.3, -0.25) is 4.79 Å². The Morgan fingerprint density at radius 2 is 2.07 bits per heavy atom. The third-order valence-corrected chi connectivity index (χ3v) is 6.48. The van der Waals surface area contributed by atoms with Crippen LogP contribution in [-0.2, 0) is 21.3 Å². The standard InChI is InChI=1S/C19H20N2O5S/c22-19-8-5-14-11-17(6-7-18(14)20-19)27(23,24)21(12-15-3-1-9-25-15)13-16-4-2-10-26-16/h1,3,5-9,11,16H,2,4,10,12-13H2,(H,20,22). The second-order valence-electron chi connectivity index (χ2n) is 6.58. The van der Waals surface area contributed by atoms with Gasteiger partial charge in [-0.05, 0) is 54.6 Å². The van der Waals surface area contributed by atoms with Crippen LogP contribution in [0.15, 0.2) is 62.8 Å². The number of rotatable bonds is 6. The number of furan rings is 1. The first-order chi connectivity index (χ1) is 13.0. The van der Waals surface area contributed by atoms with Crippen molar-refractivity contribution in [1.82, 2.24) is 9.29 Å². The van der Waals surface area contributed by atoms with E-state index in [0.29, 0.717) is 23.3 Å². The lowest BCUT2D eigenvalue weighted by molar-refractivity contribution is 0.0914. The molecule has 4 rings (SSSR count). The van der Waals surface area contributed by atoms with Crippen molar-refractivity contribution < 1.29 is 17.6 Å². The van der Waals surface area contributed by atoms with Crippen LogP contribution in [0.2, 0.25) is 0 Å². The molecule has 3 aromatic rings. The molecule has 142 valence electrons. The lowest BCUT2D eigenvalue weighted by Gasteiger charge is -2.24. The van der Waals surface area contributed by atoms with E-state index in [2.05, 4.69) is 4.98 Å². The molecule has 1 atom stereocenters. The van der Waals surface area contributed by atoms with Crippen LogP contribution >= 0.6 is 0 Å². The molecular formula is C19H20N2O5S. The zero-order valence-corrected chi connectivity index (χ0v) is 15.4. The van der Waals surface area contributed by atoms with Gasteiger partial charge >= 0.3 is 0 Å². The predicted molar refractivity (Wildman–Crippen MR) is 99.8 cm³/mol. The number of nitrogens with zero attached hydrogens (tertiary/aromatic N) is 1. The average Bonchev–Trinajstić information content (AvgIpc) is 3.34. The SMILES string of the molecule is O=c1ccc2cc(S(=O)(=O)N(Cc3ccco3)CC3CCCO3)ccc2[nH]1. The number of nitrogens with one attached hydrogen (secondary N) is 1. The highest BCUT2D eigenvalue weighted by molar-refractivity contribution is 7.89. The van der Waals surface area contributed by atoms with Gasteiger partial charge in [-0.15, -0.1) is 0 Å². The summed E-state index contributed by atoms with van der Waals surface area (Å²) in [6, 6.07) is 11.2. The minimum Gasteiger partial charge on any atom is -0.468 e. The van der Waals surface area contributed by atoms with E-state index in [4.69, 9.17) is 9.15 Å². The molecular weight excluding hydrogens is 368 g/mol. The molecule has 0 amide bonds. The number of sulfonamides is 1. The van der Waals surface area contributed by atoms with E-state index in [9.17, 15) is 13.2 Å². The first kappa shape index (κ1) is 18.0. The number of hydrogen-bond acceptors (Lipinski definition) is 5. The molecule has 1 fully saturated rings. The third-order valence-electron chi connectivity index (χ3n) is 4.68. The molecule has 8 heteroatoms. The van der Waals surface area contributed by atoms with Gasteiger partial charge in [-0.1, -0.05) is 0 Å². The minimum absolute atomic E-state index is 0.119. The highest BCUT2D eigenvalue weighted by Crippen LogP contribution is 2.24. The second-order valence-corrected chi connectivity index (χ2v) is 8.52. The molecule has 27 heavy (non-hydrogen) atoms. The molecule has 0 radical (unpaired) electrons. The summed E-state index contributed by atoms with van der Waals surface area (Å²) in [5.41, 5.74) is 0.370. The smallest absolute Gasteiger partial charge is 0.248 e. The van der Waals surface area contributed by atoms with Crippen molar-refractivity contribution in [3.8, 4) is 0 Å². The highest BCUT2D eigenvalue weighted by Gasteiger charge is 2.30. The number of aromatic amines is 1. The van der Waals surface area contributed by atoms with Crippen molar-refractivity contribution in [2.24, 2.45) is 0 Å². The number of benzene rings is 1. The predicted octanol–water partition coefficient (Wildman–Crippen LogP) is 2.49. The lowest BCUT2D eigenvalue weighted by Crippen LogP contribution is -2.36. The number of hydrogen-bond donors (Lipinski definition) is 1. The Kier molecular flexibility index (Phi) is 4.86. The summed E-state index contributed by atoms with van der Waals surface area (Å²) >= 11 is 0. The highest BCUT2D eigenvalue weighted by atomic mass is 32.2. The third kappa shape index (κ3) is 3.83. The summed E-state index contributed by atoms with van der Waals surface area (Å²) in [5, 5.41) is 0.658. The summed E-state index contributed by atoms with van der Waals surface area (Å²) < 4.78 is 39.0. The molecule has 0 saturated carbocycles. The van der Waals surface area contributed by atoms with Gasteiger partial charge in [0.1, 0.15) is 5.76 Å². The first-order valence-electron chi connectivity index (χ1n) is 8.79. The Hall–Kier alpha value is -2.42. The van der Waals surface area contributed by atoms with Crippen molar-refractivity contribution in [2.75, 3.05) is 13.2 Å². The zero-order valence-electron chi connectivity index (χ0n) is 14.6. The van der Waals surface area contributed by atoms with Gasteiger partial charge in [-0.2, -0.15) is 4.31 Å². The zero-order chi connectivity index (χ0) is 18.9. The topological polar surface area (TPSA) is 92.6 Å². The molecule has 3 heterocycles. The van der Waals surface area contributed by atoms with E-state index < -0.39 is 10.0 Å². The lowest BCUT2D eigenvalue weighted by atomic mass is 10.2. The van der Waals surface area contributed by atoms with Crippen LogP contribution in [0.25, 0.3) is 10.9 Å². The van der Waals surface area contributed by atoms with E-state index in [0.717, 1.165) is 12.8 Å². The minimum atomic E-state index is -3.76. The van der Waals surface area contributed by atoms with E-state index in [-0.39, 0.29) is 29.6 Å². The molecule has 1 aromatic carbocycles. The fourth-order valence-corrected chi connectivity index (χ4v) is 4.76. The molecule has 1 unspecified atom stereocenters. The van der Waals surface area contributed by atoms with Gasteiger partial charge in [-0.25, -0.2) is 8.42 Å². The van der Waals surface area contributed by atoms with Crippen molar-refractivity contribution in [3.63, 3.8) is 0 Å². The summed E-state index contributed by atoms with van der Waals surface area (Å²) in [6.45, 7) is 1.06. The number of ether oxygens (including phenoxy) is 1. The van der Waals surface area contributed by atoms with Crippen LogP contribution in [-0.4, -0.2) is 37.0 Å². The summed E-state index contributed by atoms with van der Waals surface area (Å²) in [5.74, 6) is 0.571. The van der Waals surface area contributed by atoms with Crippen molar-refractivity contribution in [1.29, 1.82) is 0 Å². The molecule has 1 saturated heterocycles. The fourth-order valence-electron chi connectivity index (χ4n) is 3.28. The van der Waals surface area contributed by atoms with Gasteiger partial charge in [0.15, 0.2) is 0 Å². The normalized spacial score (nSPS) is 17.7. The molecule has 0 aliphatic carbocycles. The Morgan fingerprint density at radius 1 is 1.19 bits per heavy atom. The van der Waals surface area contributed by atoms with E-state index in [1.807, 2.05) is 0 Å². The summed E-state index contributed by atoms with van der Waals surface area (Å²) in [6.07, 6.45) is 3.18. The van der Waals surface area contributed by atoms with Crippen LogP contribution in [0.5, 0.6) is 0 Å². The van der Waals surface area contributed by atoms with Crippen LogP contribution in [0.3, 0.4) is 0 Å². The van der Waals surface area contributed by atoms with Crippen LogP contribution < -0.4 is 5.56 Å². The number of H-pyrrole nitrogens is 1. The van der Waals surface area contributed by atoms with Crippen molar-refractivity contribution in [2.45, 2.75) is 30.4 Å². The molecule has 1 aliphatic heterocycles. The second kappa shape index (κ2) is 7.30. The Morgan fingerprint density at radius 3 is 2.81 bits per heavy atom. The van der Waals surface area contributed by atoms with Crippen LogP contribution in [0.1, 0.15) is 18.6 Å². The fraction of sp³-hybridized carbons (Fsp3) is 0.316. The maximum absolute atomic E-state index is 13.3. The van der Waals surface area contributed by atoms with Crippen LogP contribution in [0, 0.1) is 0 Å². The van der Waals surface area contributed by atoms with Crippen LogP contribution in [0.4, 0.5) is 0 Å². The van der Waals surface area contributed by atoms with Crippen molar-refractivity contribution >= 4 is 20.9 Å². The number of fused-ring (bicyclic) bond motifs is 1. The van der Waals surface area contributed by atoms with E-state index >= 15 is 0 Å². The van der Waals surface area contributed by atoms with Gasteiger partial charge < -0.3 is 14.1 Å². The summed E-state index contributed by atoms with van der Waals surface area (Å²) in [7, 11) is -3.76. The van der Waals surface area contributed by atoms with Crippen molar-refractivity contribution in [3.05, 3.63) is 64.8 Å². The molecule has 1 N–H and O–H groups in total. The summed E-state index contributed by atoms with van der Waals surface area (Å²) in [4.78, 5) is 14.3. The van der Waals surface area contributed by atoms with Gasteiger partial charge in [0.05, 0.1) is 23.8 Å². The van der Waals surface area contributed by atoms with Gasteiger partial charge in [0.2, 0.25) is 15.6 Å². The molecule has 2 aromatic heterocycles. The van der Waals surface area contributed by atoms with Gasteiger partial charge in [0.25, 0.3) is 0 Å². The quantitative estimate of drug-likeness (QED) is 0.700. The molecule has 0 bridgehead atoms. The van der Waals surface area contributed by atoms with Gasteiger partial charge in [0, 0.05) is 24.7 Å².